The molecule has 1 unspecified atom stereocenters. The molecule has 22 heavy (non-hydrogen) atoms. The maximum atomic E-state index is 13.2. The Hall–Kier alpha value is -2.22. The highest BCUT2D eigenvalue weighted by Crippen LogP contribution is 2.21. The lowest BCUT2D eigenvalue weighted by atomic mass is 10.0. The van der Waals surface area contributed by atoms with Crippen LogP contribution in [0.5, 0.6) is 0 Å². The number of hydrogen-bond acceptors (Lipinski definition) is 3. The number of ether oxygens (including phenoxy) is 1. The SMILES string of the molecule is Fc1ccc(C(C#Cc2cccnc2)N2CCOCC2)cc1. The summed E-state index contributed by atoms with van der Waals surface area (Å²) < 4.78 is 18.6. The van der Waals surface area contributed by atoms with Crippen molar-refractivity contribution in [2.24, 2.45) is 0 Å². The molecule has 1 aliphatic heterocycles. The van der Waals surface area contributed by atoms with Crippen LogP contribution in [0.1, 0.15) is 17.2 Å². The van der Waals surface area contributed by atoms with Crippen molar-refractivity contribution in [3.63, 3.8) is 0 Å². The van der Waals surface area contributed by atoms with E-state index >= 15 is 0 Å². The average Bonchev–Trinajstić information content (AvgIpc) is 2.58. The molecule has 3 nitrogen and oxygen atoms in total. The molecule has 0 saturated carbocycles. The molecule has 0 spiro atoms. The van der Waals surface area contributed by atoms with Crippen LogP contribution in [0.15, 0.2) is 48.8 Å². The van der Waals surface area contributed by atoms with Crippen LogP contribution in [-0.4, -0.2) is 36.2 Å². The Morgan fingerprint density at radius 3 is 2.59 bits per heavy atom. The van der Waals surface area contributed by atoms with Crippen LogP contribution in [0.4, 0.5) is 4.39 Å². The van der Waals surface area contributed by atoms with E-state index in [0.29, 0.717) is 13.2 Å². The van der Waals surface area contributed by atoms with Crippen LogP contribution >= 0.6 is 0 Å². The van der Waals surface area contributed by atoms with Gasteiger partial charge >= 0.3 is 0 Å². The lowest BCUT2D eigenvalue weighted by Gasteiger charge is -2.31. The number of aromatic nitrogens is 1. The molecule has 4 heteroatoms. The molecule has 1 aromatic carbocycles. The Kier molecular flexibility index (Phi) is 4.79. The van der Waals surface area contributed by atoms with Gasteiger partial charge in [-0.1, -0.05) is 24.0 Å². The van der Waals surface area contributed by atoms with E-state index in [1.165, 1.54) is 12.1 Å². The van der Waals surface area contributed by atoms with E-state index in [9.17, 15) is 4.39 Å². The Morgan fingerprint density at radius 2 is 1.91 bits per heavy atom. The van der Waals surface area contributed by atoms with Crippen molar-refractivity contribution in [2.45, 2.75) is 6.04 Å². The molecule has 2 aromatic rings. The van der Waals surface area contributed by atoms with Crippen LogP contribution in [0, 0.1) is 17.7 Å². The summed E-state index contributed by atoms with van der Waals surface area (Å²) in [6, 6.07) is 10.3. The van der Waals surface area contributed by atoms with Gasteiger partial charge in [0.15, 0.2) is 0 Å². The first-order valence-corrected chi connectivity index (χ1v) is 7.32. The minimum atomic E-state index is -0.232. The quantitative estimate of drug-likeness (QED) is 0.797. The van der Waals surface area contributed by atoms with E-state index < -0.39 is 0 Å². The lowest BCUT2D eigenvalue weighted by Crippen LogP contribution is -2.38. The number of halogens is 1. The summed E-state index contributed by atoms with van der Waals surface area (Å²) in [4.78, 5) is 6.34. The van der Waals surface area contributed by atoms with E-state index in [0.717, 1.165) is 24.2 Å². The normalized spacial score (nSPS) is 16.6. The molecule has 1 aromatic heterocycles. The van der Waals surface area contributed by atoms with Crippen molar-refractivity contribution in [3.8, 4) is 11.8 Å². The van der Waals surface area contributed by atoms with Gasteiger partial charge in [0.25, 0.3) is 0 Å². The van der Waals surface area contributed by atoms with E-state index in [-0.39, 0.29) is 11.9 Å². The molecular weight excluding hydrogens is 279 g/mol. The van der Waals surface area contributed by atoms with Gasteiger partial charge < -0.3 is 4.74 Å². The number of morpholine rings is 1. The predicted molar refractivity (Wildman–Crippen MR) is 82.6 cm³/mol. The van der Waals surface area contributed by atoms with Crippen molar-refractivity contribution < 1.29 is 9.13 Å². The smallest absolute Gasteiger partial charge is 0.123 e. The highest BCUT2D eigenvalue weighted by molar-refractivity contribution is 5.36. The van der Waals surface area contributed by atoms with Crippen LogP contribution < -0.4 is 0 Å². The molecule has 0 bridgehead atoms. The molecule has 1 aliphatic rings. The first-order valence-electron chi connectivity index (χ1n) is 7.32. The number of benzene rings is 1. The van der Waals surface area contributed by atoms with Crippen molar-refractivity contribution in [2.75, 3.05) is 26.3 Å². The highest BCUT2D eigenvalue weighted by Gasteiger charge is 2.20. The van der Waals surface area contributed by atoms with Gasteiger partial charge in [0.1, 0.15) is 5.82 Å². The summed E-state index contributed by atoms with van der Waals surface area (Å²) in [5.41, 5.74) is 1.88. The average molecular weight is 296 g/mol. The van der Waals surface area contributed by atoms with E-state index in [1.54, 1.807) is 24.5 Å². The lowest BCUT2D eigenvalue weighted by molar-refractivity contribution is 0.0270. The molecule has 1 fully saturated rings. The van der Waals surface area contributed by atoms with E-state index in [4.69, 9.17) is 4.74 Å². The molecule has 1 atom stereocenters. The van der Waals surface area contributed by atoms with Gasteiger partial charge in [0, 0.05) is 31.0 Å². The van der Waals surface area contributed by atoms with Crippen molar-refractivity contribution in [1.29, 1.82) is 0 Å². The number of nitrogens with zero attached hydrogens (tertiary/aromatic N) is 2. The Morgan fingerprint density at radius 1 is 1.14 bits per heavy atom. The summed E-state index contributed by atoms with van der Waals surface area (Å²) in [7, 11) is 0. The second-order valence-corrected chi connectivity index (χ2v) is 5.11. The van der Waals surface area contributed by atoms with Crippen LogP contribution in [0.2, 0.25) is 0 Å². The molecule has 0 amide bonds. The Labute approximate surface area is 129 Å². The van der Waals surface area contributed by atoms with Crippen LogP contribution in [-0.2, 0) is 4.74 Å². The van der Waals surface area contributed by atoms with E-state index in [2.05, 4.69) is 21.7 Å². The van der Waals surface area contributed by atoms with Crippen molar-refractivity contribution >= 4 is 0 Å². The second-order valence-electron chi connectivity index (χ2n) is 5.11. The number of rotatable bonds is 2. The van der Waals surface area contributed by atoms with Crippen molar-refractivity contribution in [1.82, 2.24) is 9.88 Å². The predicted octanol–water partition coefficient (Wildman–Crippen LogP) is 2.65. The minimum absolute atomic E-state index is 0.0651. The third kappa shape index (κ3) is 3.70. The minimum Gasteiger partial charge on any atom is -0.379 e. The molecular formula is C18H17FN2O. The molecule has 0 aliphatic carbocycles. The third-order valence-electron chi connectivity index (χ3n) is 3.61. The molecule has 0 N–H and O–H groups in total. The summed E-state index contributed by atoms with van der Waals surface area (Å²) in [6.45, 7) is 3.05. The molecule has 1 saturated heterocycles. The molecule has 112 valence electrons. The van der Waals surface area contributed by atoms with Crippen LogP contribution in [0.3, 0.4) is 0 Å². The topological polar surface area (TPSA) is 25.4 Å². The summed E-state index contributed by atoms with van der Waals surface area (Å²) in [6.07, 6.45) is 3.47. The van der Waals surface area contributed by atoms with Crippen molar-refractivity contribution in [3.05, 3.63) is 65.7 Å². The third-order valence-corrected chi connectivity index (χ3v) is 3.61. The fourth-order valence-corrected chi connectivity index (χ4v) is 2.45. The zero-order chi connectivity index (χ0) is 15.2. The van der Waals surface area contributed by atoms with Gasteiger partial charge in [-0.25, -0.2) is 4.39 Å². The highest BCUT2D eigenvalue weighted by atomic mass is 19.1. The molecule has 0 radical (unpaired) electrons. The standard InChI is InChI=1S/C18H17FN2O/c19-17-6-4-16(5-7-17)18(21-10-12-22-13-11-21)8-3-15-2-1-9-20-14-15/h1-2,4-7,9,14,18H,10-13H2. The zero-order valence-electron chi connectivity index (χ0n) is 12.2. The Bertz CT molecular complexity index is 655. The van der Waals surface area contributed by atoms with Gasteiger partial charge in [-0.15, -0.1) is 0 Å². The van der Waals surface area contributed by atoms with Gasteiger partial charge in [-0.2, -0.15) is 0 Å². The number of hydrogen-bond donors (Lipinski definition) is 0. The summed E-state index contributed by atoms with van der Waals surface area (Å²) in [5.74, 6) is 6.23. The molecule has 3 rings (SSSR count). The van der Waals surface area contributed by atoms with E-state index in [1.807, 2.05) is 12.1 Å². The largest absolute Gasteiger partial charge is 0.379 e. The maximum Gasteiger partial charge on any atom is 0.123 e. The summed E-state index contributed by atoms with van der Waals surface area (Å²) in [5, 5.41) is 0. The fraction of sp³-hybridized carbons (Fsp3) is 0.278. The van der Waals surface area contributed by atoms with Gasteiger partial charge in [-0.05, 0) is 29.8 Å². The van der Waals surface area contributed by atoms with Gasteiger partial charge in [0.2, 0.25) is 0 Å². The van der Waals surface area contributed by atoms with Gasteiger partial charge in [-0.3, -0.25) is 9.88 Å². The first-order chi connectivity index (χ1) is 10.8. The zero-order valence-corrected chi connectivity index (χ0v) is 12.2. The first kappa shape index (κ1) is 14.7. The second kappa shape index (κ2) is 7.17. The monoisotopic (exact) mass is 296 g/mol. The molecule has 2 heterocycles. The van der Waals surface area contributed by atoms with Crippen LogP contribution in [0.25, 0.3) is 0 Å². The Balaban J connectivity index is 1.89. The maximum absolute atomic E-state index is 13.2. The number of pyridine rings is 1. The summed E-state index contributed by atoms with van der Waals surface area (Å²) >= 11 is 0. The fourth-order valence-electron chi connectivity index (χ4n) is 2.45. The van der Waals surface area contributed by atoms with Gasteiger partial charge in [0.05, 0.1) is 19.3 Å².